The van der Waals surface area contributed by atoms with Gasteiger partial charge in [0.05, 0.1) is 6.54 Å². The van der Waals surface area contributed by atoms with Gasteiger partial charge in [0, 0.05) is 18.7 Å². The van der Waals surface area contributed by atoms with E-state index in [1.54, 1.807) is 12.3 Å². The number of ether oxygens (including phenoxy) is 1. The molecule has 1 atom stereocenters. The number of carbonyl (C=O) groups excluding carboxylic acids is 1. The van der Waals surface area contributed by atoms with Crippen LogP contribution in [0.5, 0.6) is 0 Å². The molecule has 0 N–H and O–H groups in total. The molecule has 124 valence electrons. The fourth-order valence-electron chi connectivity index (χ4n) is 4.08. The first-order valence-corrected chi connectivity index (χ1v) is 8.21. The van der Waals surface area contributed by atoms with Crippen molar-refractivity contribution < 1.29 is 13.9 Å². The van der Waals surface area contributed by atoms with E-state index < -0.39 is 11.7 Å². The summed E-state index contributed by atoms with van der Waals surface area (Å²) >= 11 is 0. The molecule has 4 aliphatic heterocycles. The quantitative estimate of drug-likeness (QED) is 0.827. The van der Waals surface area contributed by atoms with Crippen LogP contribution in [0.1, 0.15) is 12.8 Å². The molecule has 0 radical (unpaired) electrons. The third-order valence-corrected chi connectivity index (χ3v) is 5.29. The second kappa shape index (κ2) is 5.01. The van der Waals surface area contributed by atoms with Crippen LogP contribution >= 0.6 is 0 Å². The summed E-state index contributed by atoms with van der Waals surface area (Å²) in [7, 11) is 0. The molecule has 1 spiro atoms. The van der Waals surface area contributed by atoms with Crippen LogP contribution in [0.15, 0.2) is 28.8 Å². The number of hydrogen-bond acceptors (Lipinski definition) is 7. The summed E-state index contributed by atoms with van der Waals surface area (Å²) in [4.78, 5) is 20.4. The molecular weight excluding hydrogens is 310 g/mol. The summed E-state index contributed by atoms with van der Waals surface area (Å²) in [5.74, 6) is 0.711. The molecule has 8 nitrogen and oxygen atoms in total. The SMILES string of the molecule is O=C1O[C@]2(CN3CCC2CC3)CN1c1nnc(-c2ccccn2)o1. The van der Waals surface area contributed by atoms with Crippen LogP contribution in [0.3, 0.4) is 0 Å². The van der Waals surface area contributed by atoms with Gasteiger partial charge in [-0.1, -0.05) is 11.2 Å². The molecule has 0 aliphatic carbocycles. The topological polar surface area (TPSA) is 84.6 Å². The van der Waals surface area contributed by atoms with Gasteiger partial charge in [-0.25, -0.2) is 9.69 Å². The molecule has 0 aromatic carbocycles. The number of carbonyl (C=O) groups is 1. The van der Waals surface area contributed by atoms with Gasteiger partial charge < -0.3 is 9.15 Å². The zero-order valence-electron chi connectivity index (χ0n) is 13.1. The Labute approximate surface area is 138 Å². The average molecular weight is 327 g/mol. The van der Waals surface area contributed by atoms with Crippen molar-refractivity contribution in [2.24, 2.45) is 5.92 Å². The van der Waals surface area contributed by atoms with Gasteiger partial charge in [-0.3, -0.25) is 9.88 Å². The van der Waals surface area contributed by atoms with E-state index in [0.29, 0.717) is 24.0 Å². The van der Waals surface area contributed by atoms with Crippen molar-refractivity contribution >= 4 is 12.1 Å². The number of anilines is 1. The summed E-state index contributed by atoms with van der Waals surface area (Å²) in [6.45, 7) is 3.45. The third-order valence-electron chi connectivity index (χ3n) is 5.29. The van der Waals surface area contributed by atoms with E-state index in [0.717, 1.165) is 32.5 Å². The Kier molecular flexibility index (Phi) is 2.90. The van der Waals surface area contributed by atoms with Crippen LogP contribution in [0.2, 0.25) is 0 Å². The van der Waals surface area contributed by atoms with Crippen molar-refractivity contribution in [1.82, 2.24) is 20.1 Å². The number of rotatable bonds is 2. The molecule has 4 fully saturated rings. The Bertz CT molecular complexity index is 771. The summed E-state index contributed by atoms with van der Waals surface area (Å²) in [6, 6.07) is 5.62. The minimum absolute atomic E-state index is 0.175. The number of nitrogens with zero attached hydrogens (tertiary/aromatic N) is 5. The number of pyridine rings is 1. The lowest BCUT2D eigenvalue weighted by molar-refractivity contribution is -0.0881. The van der Waals surface area contributed by atoms with Crippen molar-refractivity contribution in [1.29, 1.82) is 0 Å². The maximum atomic E-state index is 12.4. The monoisotopic (exact) mass is 327 g/mol. The predicted octanol–water partition coefficient (Wildman–Crippen LogP) is 1.55. The average Bonchev–Trinajstić information content (AvgIpc) is 3.22. The Morgan fingerprint density at radius 3 is 2.75 bits per heavy atom. The van der Waals surface area contributed by atoms with E-state index >= 15 is 0 Å². The first kappa shape index (κ1) is 13.9. The fourth-order valence-corrected chi connectivity index (χ4v) is 4.08. The largest absolute Gasteiger partial charge is 0.439 e. The highest BCUT2D eigenvalue weighted by molar-refractivity contribution is 5.88. The second-order valence-electron chi connectivity index (χ2n) is 6.67. The van der Waals surface area contributed by atoms with Gasteiger partial charge in [-0.2, -0.15) is 0 Å². The summed E-state index contributed by atoms with van der Waals surface area (Å²) in [6.07, 6.45) is 3.40. The van der Waals surface area contributed by atoms with E-state index in [2.05, 4.69) is 20.1 Å². The minimum atomic E-state index is -0.437. The van der Waals surface area contributed by atoms with E-state index in [-0.39, 0.29) is 6.01 Å². The Balaban J connectivity index is 1.42. The van der Waals surface area contributed by atoms with E-state index in [4.69, 9.17) is 9.15 Å². The van der Waals surface area contributed by atoms with Gasteiger partial charge in [0.2, 0.25) is 0 Å². The van der Waals surface area contributed by atoms with Gasteiger partial charge in [0.15, 0.2) is 0 Å². The minimum Gasteiger partial charge on any atom is -0.439 e. The highest BCUT2D eigenvalue weighted by atomic mass is 16.6. The molecule has 0 unspecified atom stereocenters. The number of aromatic nitrogens is 3. The van der Waals surface area contributed by atoms with Gasteiger partial charge >= 0.3 is 12.1 Å². The first-order chi connectivity index (χ1) is 11.7. The second-order valence-corrected chi connectivity index (χ2v) is 6.67. The fraction of sp³-hybridized carbons (Fsp3) is 0.500. The number of hydrogen-bond donors (Lipinski definition) is 0. The highest BCUT2D eigenvalue weighted by Crippen LogP contribution is 2.43. The molecule has 2 aromatic heterocycles. The van der Waals surface area contributed by atoms with Gasteiger partial charge in [0.1, 0.15) is 11.3 Å². The van der Waals surface area contributed by atoms with Crippen molar-refractivity contribution in [3.63, 3.8) is 0 Å². The number of fused-ring (bicyclic) bond motifs is 2. The molecule has 2 aromatic rings. The maximum Gasteiger partial charge on any atom is 0.418 e. The van der Waals surface area contributed by atoms with Crippen LogP contribution in [0.4, 0.5) is 10.8 Å². The van der Waals surface area contributed by atoms with Crippen molar-refractivity contribution in [2.45, 2.75) is 18.4 Å². The van der Waals surface area contributed by atoms with Crippen LogP contribution in [-0.2, 0) is 4.74 Å². The lowest BCUT2D eigenvalue weighted by Gasteiger charge is -2.49. The summed E-state index contributed by atoms with van der Waals surface area (Å²) in [5.41, 5.74) is 0.147. The third kappa shape index (κ3) is 2.02. The molecule has 4 aliphatic rings. The van der Waals surface area contributed by atoms with Gasteiger partial charge in [0.25, 0.3) is 5.89 Å². The first-order valence-electron chi connectivity index (χ1n) is 8.21. The zero-order valence-corrected chi connectivity index (χ0v) is 13.1. The van der Waals surface area contributed by atoms with Gasteiger partial charge in [-0.15, -0.1) is 5.10 Å². The van der Waals surface area contributed by atoms with Gasteiger partial charge in [-0.05, 0) is 38.1 Å². The van der Waals surface area contributed by atoms with E-state index in [1.807, 2.05) is 12.1 Å². The lowest BCUT2D eigenvalue weighted by atomic mass is 9.75. The zero-order chi connectivity index (χ0) is 16.1. The normalized spacial score (nSPS) is 31.7. The van der Waals surface area contributed by atoms with Crippen LogP contribution in [0.25, 0.3) is 11.6 Å². The van der Waals surface area contributed by atoms with Crippen LogP contribution in [-0.4, -0.2) is 58.0 Å². The molecule has 4 saturated heterocycles. The molecule has 0 saturated carbocycles. The molecular formula is C16H17N5O3. The molecule has 24 heavy (non-hydrogen) atoms. The molecule has 6 rings (SSSR count). The predicted molar refractivity (Wildman–Crippen MR) is 83.3 cm³/mol. The lowest BCUT2D eigenvalue weighted by Crippen LogP contribution is -2.61. The van der Waals surface area contributed by atoms with Crippen molar-refractivity contribution in [2.75, 3.05) is 31.1 Å². The molecule has 8 heteroatoms. The molecule has 1 amide bonds. The van der Waals surface area contributed by atoms with Crippen LogP contribution < -0.4 is 4.90 Å². The summed E-state index contributed by atoms with van der Waals surface area (Å²) in [5, 5.41) is 8.03. The molecule has 2 bridgehead atoms. The smallest absolute Gasteiger partial charge is 0.418 e. The van der Waals surface area contributed by atoms with Crippen molar-refractivity contribution in [3.8, 4) is 11.6 Å². The molecule has 6 heterocycles. The Hall–Kier alpha value is -2.48. The number of piperidine rings is 3. The van der Waals surface area contributed by atoms with E-state index in [1.165, 1.54) is 4.90 Å². The van der Waals surface area contributed by atoms with E-state index in [9.17, 15) is 4.79 Å². The Morgan fingerprint density at radius 1 is 1.17 bits per heavy atom. The van der Waals surface area contributed by atoms with Crippen molar-refractivity contribution in [3.05, 3.63) is 24.4 Å². The maximum absolute atomic E-state index is 12.4. The van der Waals surface area contributed by atoms with Crippen LogP contribution in [0, 0.1) is 5.92 Å². The summed E-state index contributed by atoms with van der Waals surface area (Å²) < 4.78 is 11.5. The Morgan fingerprint density at radius 2 is 2.04 bits per heavy atom. The highest BCUT2D eigenvalue weighted by Gasteiger charge is 2.56. The number of amides is 1. The standard InChI is InChI=1S/C16H17N5O3/c22-15-21(10-16(24-15)9-20-7-4-11(16)5-8-20)14-19-18-13(23-14)12-3-1-2-6-17-12/h1-3,6,11H,4-5,7-10H2/t16-/m1/s1.